The van der Waals surface area contributed by atoms with Crippen LogP contribution >= 0.6 is 11.8 Å². The third kappa shape index (κ3) is 4.45. The third-order valence-electron chi connectivity index (χ3n) is 8.50. The first-order valence-corrected chi connectivity index (χ1v) is 16.2. The molecule has 1 aliphatic rings. The lowest BCUT2D eigenvalue weighted by Crippen LogP contribution is -2.17. The molecule has 0 bridgehead atoms. The number of hydrogen-bond donors (Lipinski definition) is 0. The Hall–Kier alpha value is -5.72. The summed E-state index contributed by atoms with van der Waals surface area (Å²) in [6.45, 7) is 0. The molecular weight excluding hydrogens is 583 g/mol. The number of benzene rings is 6. The zero-order valence-electron chi connectivity index (χ0n) is 24.7. The van der Waals surface area contributed by atoms with E-state index < -0.39 is 0 Å². The fourth-order valence-electron chi connectivity index (χ4n) is 6.39. The Balaban J connectivity index is 1.26. The smallest absolute Gasteiger partial charge is 0.238 e. The van der Waals surface area contributed by atoms with Crippen molar-refractivity contribution < 1.29 is 0 Å². The van der Waals surface area contributed by atoms with E-state index in [2.05, 4.69) is 107 Å². The number of anilines is 2. The number of thioether (sulfide) groups is 1. The summed E-state index contributed by atoms with van der Waals surface area (Å²) in [5.41, 5.74) is 7.64. The lowest BCUT2D eigenvalue weighted by Gasteiger charge is -2.27. The third-order valence-corrected chi connectivity index (χ3v) is 9.81. The van der Waals surface area contributed by atoms with Crippen LogP contribution in [0.25, 0.3) is 50.5 Å². The van der Waals surface area contributed by atoms with Gasteiger partial charge in [0, 0.05) is 32.5 Å². The van der Waals surface area contributed by atoms with Crippen LogP contribution in [0.3, 0.4) is 0 Å². The maximum Gasteiger partial charge on any atom is 0.238 e. The van der Waals surface area contributed by atoms with Crippen LogP contribution in [0.1, 0.15) is 10.9 Å². The second-order valence-electron chi connectivity index (χ2n) is 11.3. The van der Waals surface area contributed by atoms with Crippen molar-refractivity contribution in [3.05, 3.63) is 163 Å². The standard InChI is InChI=1S/C40H27N5S/c1-4-14-27(15-5-1)37-41-38(28-16-6-2-7-17-28)43-40(42-37)45-33-21-11-10-20-31(33)32-26-30(24-25-34(32)45)44-35-22-12-13-23-36(35)46-39(44)29-18-8-3-9-19-29/h1-26,39H. The average molecular weight is 610 g/mol. The van der Waals surface area contributed by atoms with Crippen LogP contribution in [0.4, 0.5) is 11.4 Å². The van der Waals surface area contributed by atoms with Gasteiger partial charge in [0.25, 0.3) is 0 Å². The molecule has 6 aromatic carbocycles. The van der Waals surface area contributed by atoms with Gasteiger partial charge in [0.15, 0.2) is 11.6 Å². The molecule has 0 N–H and O–H groups in total. The molecule has 0 saturated carbocycles. The summed E-state index contributed by atoms with van der Waals surface area (Å²) in [5.74, 6) is 1.88. The predicted octanol–water partition coefficient (Wildman–Crippen LogP) is 10.2. The Labute approximate surface area is 270 Å². The molecule has 0 radical (unpaired) electrons. The summed E-state index contributed by atoms with van der Waals surface area (Å²) >= 11 is 1.90. The number of nitrogens with zero attached hydrogens (tertiary/aromatic N) is 5. The van der Waals surface area contributed by atoms with Crippen LogP contribution in [0, 0.1) is 0 Å². The molecule has 8 aromatic rings. The van der Waals surface area contributed by atoms with Gasteiger partial charge >= 0.3 is 0 Å². The normalized spacial score (nSPS) is 14.2. The SMILES string of the molecule is c1ccc(-c2nc(-c3ccccc3)nc(-n3c4ccccc4c4cc(N5c6ccccc6SC5c5ccccc5)ccc43)n2)cc1. The van der Waals surface area contributed by atoms with Crippen molar-refractivity contribution in [1.29, 1.82) is 0 Å². The number of fused-ring (bicyclic) bond motifs is 4. The molecule has 46 heavy (non-hydrogen) atoms. The van der Waals surface area contributed by atoms with Crippen LogP contribution in [-0.2, 0) is 0 Å². The van der Waals surface area contributed by atoms with Gasteiger partial charge in [-0.1, -0.05) is 133 Å². The molecule has 0 aliphatic carbocycles. The Morgan fingerprint density at radius 2 is 1.09 bits per heavy atom. The molecule has 218 valence electrons. The zero-order valence-corrected chi connectivity index (χ0v) is 25.5. The fourth-order valence-corrected chi connectivity index (χ4v) is 7.71. The van der Waals surface area contributed by atoms with Gasteiger partial charge in [-0.05, 0) is 42.0 Å². The first kappa shape index (κ1) is 26.7. The van der Waals surface area contributed by atoms with Crippen molar-refractivity contribution in [2.75, 3.05) is 4.90 Å². The molecule has 0 saturated heterocycles. The summed E-state index contributed by atoms with van der Waals surface area (Å²) in [5, 5.41) is 2.44. The number of rotatable bonds is 5. The van der Waals surface area contributed by atoms with Gasteiger partial charge in [-0.2, -0.15) is 9.97 Å². The number of hydrogen-bond acceptors (Lipinski definition) is 5. The summed E-state index contributed by atoms with van der Waals surface area (Å²) in [4.78, 5) is 18.8. The lowest BCUT2D eigenvalue weighted by atomic mass is 10.1. The summed E-state index contributed by atoms with van der Waals surface area (Å²) in [6, 6.07) is 55.0. The van der Waals surface area contributed by atoms with Gasteiger partial charge in [-0.3, -0.25) is 4.57 Å². The Kier molecular flexibility index (Phi) is 6.39. The van der Waals surface area contributed by atoms with E-state index in [4.69, 9.17) is 15.0 Å². The summed E-state index contributed by atoms with van der Waals surface area (Å²) in [7, 11) is 0. The number of aromatic nitrogens is 4. The maximum atomic E-state index is 5.08. The lowest BCUT2D eigenvalue weighted by molar-refractivity contribution is 0.951. The van der Waals surface area contributed by atoms with Gasteiger partial charge in [0.1, 0.15) is 5.37 Å². The Morgan fingerprint density at radius 1 is 0.500 bits per heavy atom. The molecule has 1 atom stereocenters. The Bertz CT molecular complexity index is 2300. The first-order valence-electron chi connectivity index (χ1n) is 15.3. The molecule has 9 rings (SSSR count). The quantitative estimate of drug-likeness (QED) is 0.194. The zero-order chi connectivity index (χ0) is 30.5. The first-order chi connectivity index (χ1) is 22.8. The molecule has 0 fully saturated rings. The van der Waals surface area contributed by atoms with Crippen molar-refractivity contribution >= 4 is 44.9 Å². The van der Waals surface area contributed by atoms with Crippen LogP contribution in [0.2, 0.25) is 0 Å². The van der Waals surface area contributed by atoms with Gasteiger partial charge in [-0.15, -0.1) is 0 Å². The van der Waals surface area contributed by atoms with E-state index in [9.17, 15) is 0 Å². The highest BCUT2D eigenvalue weighted by atomic mass is 32.2. The van der Waals surface area contributed by atoms with E-state index in [0.717, 1.165) is 38.6 Å². The molecule has 1 unspecified atom stereocenters. The van der Waals surface area contributed by atoms with E-state index in [1.54, 1.807) is 0 Å². The molecule has 6 heteroatoms. The second kappa shape index (κ2) is 11.0. The van der Waals surface area contributed by atoms with Crippen molar-refractivity contribution in [1.82, 2.24) is 19.5 Å². The molecule has 5 nitrogen and oxygen atoms in total. The fraction of sp³-hybridized carbons (Fsp3) is 0.0250. The van der Waals surface area contributed by atoms with Gasteiger partial charge < -0.3 is 4.90 Å². The van der Waals surface area contributed by atoms with Gasteiger partial charge in [0.05, 0.1) is 16.7 Å². The van der Waals surface area contributed by atoms with Crippen LogP contribution in [0.15, 0.2) is 163 Å². The van der Waals surface area contributed by atoms with E-state index in [-0.39, 0.29) is 5.37 Å². The van der Waals surface area contributed by atoms with Crippen molar-refractivity contribution in [2.24, 2.45) is 0 Å². The monoisotopic (exact) mass is 609 g/mol. The van der Waals surface area contributed by atoms with Crippen molar-refractivity contribution in [3.63, 3.8) is 0 Å². The molecule has 0 amide bonds. The van der Waals surface area contributed by atoms with E-state index in [1.165, 1.54) is 16.1 Å². The Morgan fingerprint density at radius 3 is 1.80 bits per heavy atom. The summed E-state index contributed by atoms with van der Waals surface area (Å²) in [6.07, 6.45) is 0. The van der Waals surface area contributed by atoms with Crippen LogP contribution in [-0.4, -0.2) is 19.5 Å². The topological polar surface area (TPSA) is 46.8 Å². The minimum Gasteiger partial charge on any atom is -0.323 e. The van der Waals surface area contributed by atoms with E-state index >= 15 is 0 Å². The highest BCUT2D eigenvalue weighted by Gasteiger charge is 2.32. The molecular formula is C40H27N5S. The molecule has 3 heterocycles. The largest absolute Gasteiger partial charge is 0.323 e. The van der Waals surface area contributed by atoms with Crippen LogP contribution < -0.4 is 4.90 Å². The molecule has 2 aromatic heterocycles. The van der Waals surface area contributed by atoms with E-state index in [1.807, 2.05) is 72.4 Å². The second-order valence-corrected chi connectivity index (χ2v) is 12.4. The van der Waals surface area contributed by atoms with Crippen molar-refractivity contribution in [3.8, 4) is 28.7 Å². The minimum absolute atomic E-state index is 0.134. The average Bonchev–Trinajstić information content (AvgIpc) is 3.69. The van der Waals surface area contributed by atoms with Crippen molar-refractivity contribution in [2.45, 2.75) is 10.3 Å². The maximum absolute atomic E-state index is 5.08. The number of para-hydroxylation sites is 2. The van der Waals surface area contributed by atoms with Crippen LogP contribution in [0.5, 0.6) is 0 Å². The molecule has 0 spiro atoms. The summed E-state index contributed by atoms with van der Waals surface area (Å²) < 4.78 is 2.18. The highest BCUT2D eigenvalue weighted by Crippen LogP contribution is 2.55. The highest BCUT2D eigenvalue weighted by molar-refractivity contribution is 8.00. The minimum atomic E-state index is 0.134. The van der Waals surface area contributed by atoms with Gasteiger partial charge in [0.2, 0.25) is 5.95 Å². The van der Waals surface area contributed by atoms with E-state index in [0.29, 0.717) is 17.6 Å². The predicted molar refractivity (Wildman–Crippen MR) is 189 cm³/mol. The van der Waals surface area contributed by atoms with Gasteiger partial charge in [-0.25, -0.2) is 4.98 Å². The molecule has 1 aliphatic heterocycles.